The summed E-state index contributed by atoms with van der Waals surface area (Å²) in [6.45, 7) is 7.53. The van der Waals surface area contributed by atoms with Crippen LogP contribution in [0, 0.1) is 6.92 Å². The molecule has 0 saturated heterocycles. The molecule has 2 rings (SSSR count). The molecular weight excluding hydrogens is 278 g/mol. The van der Waals surface area contributed by atoms with Crippen LogP contribution in [0.5, 0.6) is 0 Å². The zero-order valence-electron chi connectivity index (χ0n) is 13.7. The molecule has 0 aromatic carbocycles. The third-order valence-corrected chi connectivity index (χ3v) is 5.60. The molecule has 1 atom stereocenters. The second-order valence-electron chi connectivity index (χ2n) is 6.07. The lowest BCUT2D eigenvalue weighted by Gasteiger charge is -2.21. The Balaban J connectivity index is 1.88. The second-order valence-corrected chi connectivity index (χ2v) is 7.36. The Labute approximate surface area is 133 Å². The topological polar surface area (TPSA) is 37.8 Å². The summed E-state index contributed by atoms with van der Waals surface area (Å²) in [6.07, 6.45) is 10.1. The molecule has 0 amide bonds. The number of nitrogens with one attached hydrogen (secondary N) is 1. The van der Waals surface area contributed by atoms with E-state index in [0.717, 1.165) is 35.5 Å². The summed E-state index contributed by atoms with van der Waals surface area (Å²) < 4.78 is 0. The predicted molar refractivity (Wildman–Crippen MR) is 91.6 cm³/mol. The fourth-order valence-corrected chi connectivity index (χ4v) is 4.10. The number of rotatable bonds is 7. The monoisotopic (exact) mass is 307 g/mol. The van der Waals surface area contributed by atoms with E-state index < -0.39 is 0 Å². The van der Waals surface area contributed by atoms with Crippen molar-refractivity contribution in [3.05, 3.63) is 23.3 Å². The highest BCUT2D eigenvalue weighted by Crippen LogP contribution is 2.30. The quantitative estimate of drug-likeness (QED) is 0.809. The molecule has 1 N–H and O–H groups in total. The van der Waals surface area contributed by atoms with Gasteiger partial charge in [0.15, 0.2) is 0 Å². The van der Waals surface area contributed by atoms with Gasteiger partial charge in [0.25, 0.3) is 0 Å². The Hall–Kier alpha value is -0.610. The summed E-state index contributed by atoms with van der Waals surface area (Å²) in [5.74, 6) is 1.96. The molecule has 118 valence electrons. The van der Waals surface area contributed by atoms with Crippen LogP contribution in [0.1, 0.15) is 75.5 Å². The number of hydrogen-bond acceptors (Lipinski definition) is 4. The Kier molecular flexibility index (Phi) is 6.97. The zero-order valence-corrected chi connectivity index (χ0v) is 14.5. The first kappa shape index (κ1) is 16.8. The summed E-state index contributed by atoms with van der Waals surface area (Å²) in [7, 11) is 0. The summed E-state index contributed by atoms with van der Waals surface area (Å²) in [5.41, 5.74) is 2.36. The van der Waals surface area contributed by atoms with Crippen molar-refractivity contribution >= 4 is 11.8 Å². The molecule has 1 aliphatic carbocycles. The van der Waals surface area contributed by atoms with Crippen molar-refractivity contribution in [2.75, 3.05) is 6.54 Å². The van der Waals surface area contributed by atoms with E-state index in [1.54, 1.807) is 0 Å². The van der Waals surface area contributed by atoms with Crippen LogP contribution < -0.4 is 5.32 Å². The van der Waals surface area contributed by atoms with Gasteiger partial charge >= 0.3 is 0 Å². The number of thioether (sulfide) groups is 1. The first-order valence-electron chi connectivity index (χ1n) is 8.38. The molecule has 1 aliphatic rings. The van der Waals surface area contributed by atoms with Crippen LogP contribution in [0.4, 0.5) is 0 Å². The van der Waals surface area contributed by atoms with Crippen molar-refractivity contribution in [1.29, 1.82) is 0 Å². The summed E-state index contributed by atoms with van der Waals surface area (Å²) in [5, 5.41) is 4.33. The van der Waals surface area contributed by atoms with Crippen LogP contribution in [0.2, 0.25) is 0 Å². The van der Waals surface area contributed by atoms with Crippen LogP contribution in [0.15, 0.2) is 6.20 Å². The molecule has 0 radical (unpaired) electrons. The molecule has 1 heterocycles. The van der Waals surface area contributed by atoms with E-state index in [1.165, 1.54) is 37.7 Å². The van der Waals surface area contributed by atoms with E-state index in [2.05, 4.69) is 31.1 Å². The number of aryl methyl sites for hydroxylation is 1. The molecule has 0 bridgehead atoms. The molecule has 4 heteroatoms. The van der Waals surface area contributed by atoms with Crippen LogP contribution >= 0.6 is 11.8 Å². The SMILES string of the molecule is CCCNC(C)c1cnc(CSC2CCCCC2)nc1C. The van der Waals surface area contributed by atoms with Crippen LogP contribution in [-0.4, -0.2) is 21.8 Å². The molecule has 1 unspecified atom stereocenters. The number of hydrogen-bond donors (Lipinski definition) is 1. The van der Waals surface area contributed by atoms with Gasteiger partial charge in [-0.3, -0.25) is 0 Å². The molecule has 0 spiro atoms. The van der Waals surface area contributed by atoms with Gasteiger partial charge in [0.05, 0.1) is 5.75 Å². The molecule has 0 aliphatic heterocycles. The largest absolute Gasteiger partial charge is 0.310 e. The first-order valence-corrected chi connectivity index (χ1v) is 9.43. The average Bonchev–Trinajstić information content (AvgIpc) is 2.51. The highest BCUT2D eigenvalue weighted by atomic mass is 32.2. The lowest BCUT2D eigenvalue weighted by molar-refractivity contribution is 0.516. The summed E-state index contributed by atoms with van der Waals surface area (Å²) in [6, 6.07) is 0.338. The number of nitrogens with zero attached hydrogens (tertiary/aromatic N) is 2. The second kappa shape index (κ2) is 8.74. The fourth-order valence-electron chi connectivity index (χ4n) is 2.91. The Morgan fingerprint density at radius 1 is 1.33 bits per heavy atom. The fraction of sp³-hybridized carbons (Fsp3) is 0.765. The standard InChI is InChI=1S/C17H29N3S/c1-4-10-18-13(2)16-11-19-17(20-14(16)3)12-21-15-8-6-5-7-9-15/h11,13,15,18H,4-10,12H2,1-3H3. The molecule has 1 fully saturated rings. The third-order valence-electron chi connectivity index (χ3n) is 4.23. The molecule has 1 saturated carbocycles. The molecule has 3 nitrogen and oxygen atoms in total. The lowest BCUT2D eigenvalue weighted by atomic mass is 10.0. The maximum atomic E-state index is 4.71. The van der Waals surface area contributed by atoms with Gasteiger partial charge in [-0.05, 0) is 39.7 Å². The van der Waals surface area contributed by atoms with Gasteiger partial charge in [-0.15, -0.1) is 0 Å². The minimum absolute atomic E-state index is 0.338. The predicted octanol–water partition coefficient (Wildman–Crippen LogP) is 4.41. The van der Waals surface area contributed by atoms with Crippen molar-refractivity contribution in [3.63, 3.8) is 0 Å². The van der Waals surface area contributed by atoms with E-state index in [9.17, 15) is 0 Å². The average molecular weight is 308 g/mol. The van der Waals surface area contributed by atoms with Crippen molar-refractivity contribution in [3.8, 4) is 0 Å². The van der Waals surface area contributed by atoms with Gasteiger partial charge in [0.2, 0.25) is 0 Å². The van der Waals surface area contributed by atoms with E-state index in [4.69, 9.17) is 4.98 Å². The first-order chi connectivity index (χ1) is 10.2. The van der Waals surface area contributed by atoms with Gasteiger partial charge in [0.1, 0.15) is 5.82 Å². The van der Waals surface area contributed by atoms with Crippen molar-refractivity contribution < 1.29 is 0 Å². The van der Waals surface area contributed by atoms with E-state index >= 15 is 0 Å². The minimum atomic E-state index is 0.338. The normalized spacial score (nSPS) is 17.9. The Morgan fingerprint density at radius 3 is 2.76 bits per heavy atom. The van der Waals surface area contributed by atoms with Gasteiger partial charge in [-0.2, -0.15) is 11.8 Å². The summed E-state index contributed by atoms with van der Waals surface area (Å²) >= 11 is 2.05. The Bertz CT molecular complexity index is 430. The van der Waals surface area contributed by atoms with Crippen molar-refractivity contribution in [2.24, 2.45) is 0 Å². The third kappa shape index (κ3) is 5.26. The van der Waals surface area contributed by atoms with E-state index in [-0.39, 0.29) is 0 Å². The maximum Gasteiger partial charge on any atom is 0.138 e. The Morgan fingerprint density at radius 2 is 2.10 bits per heavy atom. The highest BCUT2D eigenvalue weighted by molar-refractivity contribution is 7.99. The highest BCUT2D eigenvalue weighted by Gasteiger charge is 2.15. The van der Waals surface area contributed by atoms with Crippen LogP contribution in [0.25, 0.3) is 0 Å². The van der Waals surface area contributed by atoms with Crippen LogP contribution in [-0.2, 0) is 5.75 Å². The van der Waals surface area contributed by atoms with Crippen molar-refractivity contribution in [1.82, 2.24) is 15.3 Å². The van der Waals surface area contributed by atoms with Crippen LogP contribution in [0.3, 0.4) is 0 Å². The lowest BCUT2D eigenvalue weighted by Crippen LogP contribution is -2.21. The molecule has 1 aromatic rings. The molecule has 1 aromatic heterocycles. The van der Waals surface area contributed by atoms with E-state index in [1.807, 2.05) is 18.0 Å². The summed E-state index contributed by atoms with van der Waals surface area (Å²) in [4.78, 5) is 9.30. The van der Waals surface area contributed by atoms with Gasteiger partial charge in [-0.1, -0.05) is 26.2 Å². The molecular formula is C17H29N3S. The zero-order chi connectivity index (χ0) is 15.1. The van der Waals surface area contributed by atoms with Crippen molar-refractivity contribution in [2.45, 2.75) is 76.3 Å². The minimum Gasteiger partial charge on any atom is -0.310 e. The van der Waals surface area contributed by atoms with Gasteiger partial charge in [0, 0.05) is 28.7 Å². The smallest absolute Gasteiger partial charge is 0.138 e. The van der Waals surface area contributed by atoms with E-state index in [0.29, 0.717) is 6.04 Å². The molecule has 21 heavy (non-hydrogen) atoms. The maximum absolute atomic E-state index is 4.71. The van der Waals surface area contributed by atoms with Gasteiger partial charge < -0.3 is 5.32 Å². The van der Waals surface area contributed by atoms with Gasteiger partial charge in [-0.25, -0.2) is 9.97 Å². The number of aromatic nitrogens is 2.